The van der Waals surface area contributed by atoms with Gasteiger partial charge >= 0.3 is 5.97 Å². The third-order valence-electron chi connectivity index (χ3n) is 6.19. The molecule has 0 heterocycles. The van der Waals surface area contributed by atoms with Gasteiger partial charge in [-0.1, -0.05) is 38.1 Å². The number of halogens is 1. The zero-order valence-electron chi connectivity index (χ0n) is 18.0. The zero-order chi connectivity index (χ0) is 21.9. The molecule has 2 aromatic carbocycles. The number of amides is 1. The van der Waals surface area contributed by atoms with Crippen molar-refractivity contribution >= 4 is 11.9 Å². The van der Waals surface area contributed by atoms with Crippen LogP contribution in [0.15, 0.2) is 36.4 Å². The Morgan fingerprint density at radius 3 is 2.00 bits per heavy atom. The van der Waals surface area contributed by atoms with Crippen molar-refractivity contribution in [2.45, 2.75) is 58.9 Å². The monoisotopic (exact) mass is 399 g/mol. The Kier molecular flexibility index (Phi) is 6.83. The van der Waals surface area contributed by atoms with E-state index in [9.17, 15) is 19.1 Å². The summed E-state index contributed by atoms with van der Waals surface area (Å²) in [5.41, 5.74) is 3.72. The van der Waals surface area contributed by atoms with Crippen molar-refractivity contribution < 1.29 is 19.1 Å². The van der Waals surface area contributed by atoms with Crippen molar-refractivity contribution in [3.63, 3.8) is 0 Å². The Balaban J connectivity index is 2.51. The lowest BCUT2D eigenvalue weighted by molar-refractivity contribution is -0.141. The summed E-state index contributed by atoms with van der Waals surface area (Å²) in [5, 5.41) is 9.18. The van der Waals surface area contributed by atoms with E-state index in [1.54, 1.807) is 13.0 Å². The molecule has 29 heavy (non-hydrogen) atoms. The molecular formula is C24H30FNO3. The number of carbonyl (C=O) groups is 2. The number of benzene rings is 2. The Morgan fingerprint density at radius 2 is 1.55 bits per heavy atom. The van der Waals surface area contributed by atoms with Gasteiger partial charge in [0.05, 0.1) is 0 Å². The van der Waals surface area contributed by atoms with E-state index >= 15 is 0 Å². The smallest absolute Gasteiger partial charge is 0.326 e. The van der Waals surface area contributed by atoms with Crippen molar-refractivity contribution in [1.82, 2.24) is 4.90 Å². The first-order valence-corrected chi connectivity index (χ1v) is 9.96. The normalized spacial score (nSPS) is 12.5. The van der Waals surface area contributed by atoms with Gasteiger partial charge in [0.2, 0.25) is 0 Å². The van der Waals surface area contributed by atoms with Crippen LogP contribution in [0.2, 0.25) is 0 Å². The van der Waals surface area contributed by atoms with Crippen molar-refractivity contribution in [1.29, 1.82) is 0 Å². The molecule has 4 nitrogen and oxygen atoms in total. The van der Waals surface area contributed by atoms with E-state index in [-0.39, 0.29) is 17.1 Å². The minimum absolute atomic E-state index is 0.220. The predicted molar refractivity (Wildman–Crippen MR) is 113 cm³/mol. The minimum Gasteiger partial charge on any atom is -0.480 e. The summed E-state index contributed by atoms with van der Waals surface area (Å²) in [7, 11) is 1.50. The van der Waals surface area contributed by atoms with Gasteiger partial charge in [0.1, 0.15) is 11.9 Å². The van der Waals surface area contributed by atoms with Gasteiger partial charge in [0.15, 0.2) is 0 Å². The van der Waals surface area contributed by atoms with Crippen LogP contribution in [-0.4, -0.2) is 35.0 Å². The molecular weight excluding hydrogens is 369 g/mol. The predicted octanol–water partition coefficient (Wildman–Crippen LogP) is 5.09. The Hall–Kier alpha value is -2.69. The number of carboxylic acid groups (broad SMARTS) is 1. The summed E-state index contributed by atoms with van der Waals surface area (Å²) < 4.78 is 13.8. The van der Waals surface area contributed by atoms with E-state index in [1.165, 1.54) is 24.9 Å². The van der Waals surface area contributed by atoms with Crippen LogP contribution in [-0.2, 0) is 10.2 Å². The summed E-state index contributed by atoms with van der Waals surface area (Å²) in [6, 6.07) is 10.1. The second-order valence-corrected chi connectivity index (χ2v) is 7.71. The standard InChI is InChI=1S/C24H30FNO3/c1-7-24(8-2,19-10-12-21(25)16(4)14-19)18-9-11-20(15(3)13-18)22(27)26(6)17(5)23(28)29/h9-14,17H,7-8H2,1-6H3,(H,28,29). The molecule has 0 fully saturated rings. The van der Waals surface area contributed by atoms with Gasteiger partial charge in [-0.15, -0.1) is 0 Å². The molecule has 0 saturated heterocycles. The van der Waals surface area contributed by atoms with Crippen LogP contribution >= 0.6 is 0 Å². The highest BCUT2D eigenvalue weighted by atomic mass is 19.1. The third-order valence-corrected chi connectivity index (χ3v) is 6.19. The van der Waals surface area contributed by atoms with E-state index < -0.39 is 12.0 Å². The van der Waals surface area contributed by atoms with Gasteiger partial charge in [-0.25, -0.2) is 9.18 Å². The molecule has 1 unspecified atom stereocenters. The second-order valence-electron chi connectivity index (χ2n) is 7.71. The number of carbonyl (C=O) groups excluding carboxylic acids is 1. The fraction of sp³-hybridized carbons (Fsp3) is 0.417. The lowest BCUT2D eigenvalue weighted by atomic mass is 9.70. The Morgan fingerprint density at radius 1 is 1.03 bits per heavy atom. The Bertz CT molecular complexity index is 918. The molecule has 0 bridgehead atoms. The van der Waals surface area contributed by atoms with Crippen LogP contribution in [0.4, 0.5) is 4.39 Å². The van der Waals surface area contributed by atoms with E-state index in [0.29, 0.717) is 11.1 Å². The number of aliphatic carboxylic acids is 1. The molecule has 0 saturated carbocycles. The maximum absolute atomic E-state index is 13.8. The molecule has 0 aromatic heterocycles. The summed E-state index contributed by atoms with van der Waals surface area (Å²) in [5.74, 6) is -1.58. The molecule has 0 spiro atoms. The largest absolute Gasteiger partial charge is 0.480 e. The fourth-order valence-corrected chi connectivity index (χ4v) is 3.91. The molecule has 156 valence electrons. The SMILES string of the molecule is CCC(CC)(c1ccc(F)c(C)c1)c1ccc(C(=O)N(C)C(C)C(=O)O)c(C)c1. The van der Waals surface area contributed by atoms with Gasteiger partial charge in [-0.3, -0.25) is 4.79 Å². The number of hydrogen-bond donors (Lipinski definition) is 1. The van der Waals surface area contributed by atoms with Crippen LogP contribution in [0, 0.1) is 19.7 Å². The number of hydrogen-bond acceptors (Lipinski definition) is 2. The van der Waals surface area contributed by atoms with E-state index in [0.717, 1.165) is 29.5 Å². The summed E-state index contributed by atoms with van der Waals surface area (Å²) in [6.45, 7) is 9.33. The lowest BCUT2D eigenvalue weighted by Crippen LogP contribution is -2.40. The molecule has 0 radical (unpaired) electrons. The first-order chi connectivity index (χ1) is 13.6. The second kappa shape index (κ2) is 8.76. The van der Waals surface area contributed by atoms with E-state index in [2.05, 4.69) is 13.8 Å². The van der Waals surface area contributed by atoms with E-state index in [1.807, 2.05) is 31.2 Å². The number of likely N-dealkylation sites (N-methyl/N-ethyl adjacent to an activating group) is 1. The fourth-order valence-electron chi connectivity index (χ4n) is 3.91. The van der Waals surface area contributed by atoms with Crippen LogP contribution in [0.3, 0.4) is 0 Å². The van der Waals surface area contributed by atoms with Gasteiger partial charge in [-0.2, -0.15) is 0 Å². The molecule has 1 atom stereocenters. The molecule has 0 aliphatic carbocycles. The number of rotatable bonds is 7. The average Bonchev–Trinajstić information content (AvgIpc) is 2.70. The molecule has 2 aromatic rings. The molecule has 2 rings (SSSR count). The molecule has 0 aliphatic heterocycles. The number of aryl methyl sites for hydroxylation is 2. The van der Waals surface area contributed by atoms with Crippen molar-refractivity contribution in [2.75, 3.05) is 7.05 Å². The summed E-state index contributed by atoms with van der Waals surface area (Å²) >= 11 is 0. The van der Waals surface area contributed by atoms with Gasteiger partial charge < -0.3 is 10.0 Å². The topological polar surface area (TPSA) is 57.6 Å². The van der Waals surface area contributed by atoms with Crippen molar-refractivity contribution in [3.8, 4) is 0 Å². The molecule has 1 N–H and O–H groups in total. The molecule has 5 heteroatoms. The van der Waals surface area contributed by atoms with E-state index in [4.69, 9.17) is 0 Å². The summed E-state index contributed by atoms with van der Waals surface area (Å²) in [6.07, 6.45) is 1.66. The average molecular weight is 400 g/mol. The lowest BCUT2D eigenvalue weighted by Gasteiger charge is -2.34. The zero-order valence-corrected chi connectivity index (χ0v) is 18.0. The van der Waals surface area contributed by atoms with Gasteiger partial charge in [0.25, 0.3) is 5.91 Å². The maximum Gasteiger partial charge on any atom is 0.326 e. The molecule has 0 aliphatic rings. The number of carboxylic acids is 1. The van der Waals surface area contributed by atoms with Gasteiger partial charge in [-0.05, 0) is 68.0 Å². The minimum atomic E-state index is -1.04. The highest BCUT2D eigenvalue weighted by Gasteiger charge is 2.32. The highest BCUT2D eigenvalue weighted by molar-refractivity contribution is 5.97. The summed E-state index contributed by atoms with van der Waals surface area (Å²) in [4.78, 5) is 25.2. The third kappa shape index (κ3) is 4.19. The maximum atomic E-state index is 13.8. The van der Waals surface area contributed by atoms with Gasteiger partial charge in [0, 0.05) is 18.0 Å². The van der Waals surface area contributed by atoms with Crippen molar-refractivity contribution in [2.24, 2.45) is 0 Å². The van der Waals surface area contributed by atoms with Crippen LogP contribution < -0.4 is 0 Å². The first kappa shape index (κ1) is 22.6. The quantitative estimate of drug-likeness (QED) is 0.705. The molecule has 1 amide bonds. The van der Waals surface area contributed by atoms with Crippen molar-refractivity contribution in [3.05, 3.63) is 70.0 Å². The van der Waals surface area contributed by atoms with Crippen LogP contribution in [0.5, 0.6) is 0 Å². The van der Waals surface area contributed by atoms with Crippen LogP contribution in [0.25, 0.3) is 0 Å². The van der Waals surface area contributed by atoms with Crippen LogP contribution in [0.1, 0.15) is 66.2 Å². The Labute approximate surface area is 172 Å². The first-order valence-electron chi connectivity index (χ1n) is 9.96. The highest BCUT2D eigenvalue weighted by Crippen LogP contribution is 2.40. The number of nitrogens with zero attached hydrogens (tertiary/aromatic N) is 1.